The second kappa shape index (κ2) is 8.88. The van der Waals surface area contributed by atoms with Gasteiger partial charge in [-0.25, -0.2) is 0 Å². The Bertz CT molecular complexity index is 1010. The van der Waals surface area contributed by atoms with Gasteiger partial charge in [0.25, 0.3) is 5.91 Å². The fraction of sp³-hybridized carbons (Fsp3) is 0.645. The van der Waals surface area contributed by atoms with Gasteiger partial charge in [0.2, 0.25) is 0 Å². The number of hydrogen-bond acceptors (Lipinski definition) is 3. The van der Waals surface area contributed by atoms with E-state index in [2.05, 4.69) is 31.8 Å². The van der Waals surface area contributed by atoms with Gasteiger partial charge in [-0.2, -0.15) is 0 Å². The van der Waals surface area contributed by atoms with Crippen LogP contribution >= 0.6 is 0 Å². The summed E-state index contributed by atoms with van der Waals surface area (Å²) in [5, 5.41) is 25.5. The molecule has 3 fully saturated rings. The molecular formula is C31H43NO3. The molecule has 4 heteroatoms. The summed E-state index contributed by atoms with van der Waals surface area (Å²) in [6.45, 7) is 11.3. The second-order valence-electron chi connectivity index (χ2n) is 12.6. The summed E-state index contributed by atoms with van der Waals surface area (Å²) in [7, 11) is 0. The fourth-order valence-corrected chi connectivity index (χ4v) is 8.84. The molecule has 0 aliphatic heterocycles. The third-order valence-electron chi connectivity index (χ3n) is 10.8. The molecule has 1 amide bonds. The molecule has 1 aromatic rings. The van der Waals surface area contributed by atoms with Crippen molar-refractivity contribution >= 4 is 5.91 Å². The maximum Gasteiger partial charge on any atom is 0.251 e. The van der Waals surface area contributed by atoms with Crippen LogP contribution in [0.1, 0.15) is 81.1 Å². The van der Waals surface area contributed by atoms with Crippen LogP contribution < -0.4 is 5.32 Å². The Morgan fingerprint density at radius 3 is 2.63 bits per heavy atom. The number of hydrogen-bond donors (Lipinski definition) is 3. The van der Waals surface area contributed by atoms with Crippen molar-refractivity contribution in [3.63, 3.8) is 0 Å². The first-order valence-corrected chi connectivity index (χ1v) is 13.7. The van der Waals surface area contributed by atoms with Crippen LogP contribution in [0.4, 0.5) is 0 Å². The van der Waals surface area contributed by atoms with Crippen LogP contribution in [-0.4, -0.2) is 34.4 Å². The summed E-state index contributed by atoms with van der Waals surface area (Å²) in [6, 6.07) is 7.68. The predicted octanol–water partition coefficient (Wildman–Crippen LogP) is 5.58. The van der Waals surface area contributed by atoms with Crippen molar-refractivity contribution in [1.82, 2.24) is 5.32 Å². The van der Waals surface area contributed by atoms with Gasteiger partial charge in [0.15, 0.2) is 0 Å². The number of amides is 1. The van der Waals surface area contributed by atoms with E-state index >= 15 is 0 Å². The van der Waals surface area contributed by atoms with Gasteiger partial charge in [0, 0.05) is 18.0 Å². The average Bonchev–Trinajstić information content (AvgIpc) is 3.04. The Labute approximate surface area is 210 Å². The molecule has 0 heterocycles. The van der Waals surface area contributed by atoms with E-state index in [1.807, 2.05) is 37.3 Å². The number of carbonyl (C=O) groups is 1. The number of carbonyl (C=O) groups excluding carboxylic acids is 1. The second-order valence-corrected chi connectivity index (χ2v) is 12.6. The van der Waals surface area contributed by atoms with Gasteiger partial charge >= 0.3 is 0 Å². The van der Waals surface area contributed by atoms with Crippen molar-refractivity contribution in [2.75, 3.05) is 6.54 Å². The van der Waals surface area contributed by atoms with Gasteiger partial charge in [0.05, 0.1) is 11.7 Å². The minimum Gasteiger partial charge on any atom is -0.393 e. The number of nitrogens with one attached hydrogen (secondary N) is 1. The Morgan fingerprint density at radius 2 is 1.91 bits per heavy atom. The summed E-state index contributed by atoms with van der Waals surface area (Å²) in [5.74, 6) is 1.52. The van der Waals surface area contributed by atoms with Gasteiger partial charge in [-0.05, 0) is 99.0 Å². The molecule has 4 nitrogen and oxygen atoms in total. The van der Waals surface area contributed by atoms with Crippen molar-refractivity contribution in [2.24, 2.45) is 34.5 Å². The largest absolute Gasteiger partial charge is 0.393 e. The lowest BCUT2D eigenvalue weighted by molar-refractivity contribution is -0.0588. The number of allylic oxidation sites excluding steroid dienone is 1. The maximum atomic E-state index is 13.0. The van der Waals surface area contributed by atoms with Crippen LogP contribution in [0.5, 0.6) is 0 Å². The predicted molar refractivity (Wildman–Crippen MR) is 140 cm³/mol. The Balaban J connectivity index is 1.40. The minimum absolute atomic E-state index is 0.000269. The molecule has 0 spiro atoms. The molecule has 0 unspecified atom stereocenters. The number of aryl methyl sites for hydroxylation is 1. The molecule has 8 atom stereocenters. The fourth-order valence-electron chi connectivity index (χ4n) is 8.84. The summed E-state index contributed by atoms with van der Waals surface area (Å²) in [4.78, 5) is 13.0. The molecule has 0 bridgehead atoms. The highest BCUT2D eigenvalue weighted by Gasteiger charge is 2.64. The molecule has 0 aromatic heterocycles. The Morgan fingerprint density at radius 1 is 1.17 bits per heavy atom. The molecule has 0 saturated heterocycles. The minimum atomic E-state index is -0.843. The van der Waals surface area contributed by atoms with Crippen molar-refractivity contribution in [1.29, 1.82) is 0 Å². The molecule has 4 aliphatic rings. The van der Waals surface area contributed by atoms with Gasteiger partial charge in [-0.15, -0.1) is 6.58 Å². The molecule has 3 saturated carbocycles. The topological polar surface area (TPSA) is 69.6 Å². The van der Waals surface area contributed by atoms with Gasteiger partial charge < -0.3 is 15.5 Å². The first-order valence-electron chi connectivity index (χ1n) is 13.7. The van der Waals surface area contributed by atoms with Gasteiger partial charge in [-0.1, -0.05) is 49.3 Å². The molecule has 4 aliphatic carbocycles. The quantitative estimate of drug-likeness (QED) is 0.485. The number of aliphatic hydroxyl groups is 2. The van der Waals surface area contributed by atoms with Gasteiger partial charge in [0.1, 0.15) is 0 Å². The standard InChI is InChI=1S/C31H43NO3/c1-5-14-31(35)18-26-24-11-10-22-17-23(33)12-15-29(22,3)25(24)13-16-30(26,4)27(31)19-32-28(34)21-8-6-20(2)7-9-21/h5-10,23-27,33,35H,1,11-19H2,2-4H3,(H,32,34)/t23-,24+,25-,26-,27+,29-,30-,31-/m0/s1. The van der Waals surface area contributed by atoms with E-state index in [9.17, 15) is 15.0 Å². The van der Waals surface area contributed by atoms with Crippen LogP contribution in [0.15, 0.2) is 48.6 Å². The van der Waals surface area contributed by atoms with Crippen LogP contribution in [0.2, 0.25) is 0 Å². The normalized spacial score (nSPS) is 42.3. The first kappa shape index (κ1) is 24.8. The zero-order valence-electron chi connectivity index (χ0n) is 21.7. The summed E-state index contributed by atoms with van der Waals surface area (Å²) in [5.41, 5.74) is 2.60. The van der Waals surface area contributed by atoms with Crippen LogP contribution in [-0.2, 0) is 0 Å². The number of rotatable bonds is 5. The van der Waals surface area contributed by atoms with E-state index in [4.69, 9.17) is 0 Å². The summed E-state index contributed by atoms with van der Waals surface area (Å²) >= 11 is 0. The molecule has 3 N–H and O–H groups in total. The zero-order valence-corrected chi connectivity index (χ0v) is 21.7. The third-order valence-corrected chi connectivity index (χ3v) is 10.8. The monoisotopic (exact) mass is 477 g/mol. The SMILES string of the molecule is C=CC[C@]1(O)C[C@H]2[C@@H]3CC=C4C[C@@H](O)CC[C@]4(C)[C@H]3CC[C@]2(C)[C@H]1CNC(=O)c1ccc(C)cc1. The van der Waals surface area contributed by atoms with Crippen molar-refractivity contribution in [2.45, 2.75) is 83.8 Å². The molecule has 35 heavy (non-hydrogen) atoms. The number of aliphatic hydroxyl groups excluding tert-OH is 1. The van der Waals surface area contributed by atoms with E-state index < -0.39 is 5.60 Å². The lowest BCUT2D eigenvalue weighted by Gasteiger charge is -2.58. The third kappa shape index (κ3) is 4.01. The van der Waals surface area contributed by atoms with Crippen LogP contribution in [0.3, 0.4) is 0 Å². The van der Waals surface area contributed by atoms with Crippen molar-refractivity contribution < 1.29 is 15.0 Å². The first-order chi connectivity index (χ1) is 16.6. The smallest absolute Gasteiger partial charge is 0.251 e. The van der Waals surface area contributed by atoms with E-state index in [-0.39, 0.29) is 28.8 Å². The van der Waals surface area contributed by atoms with E-state index in [1.54, 1.807) is 0 Å². The molecule has 5 rings (SSSR count). The summed E-state index contributed by atoms with van der Waals surface area (Å²) < 4.78 is 0. The lowest BCUT2D eigenvalue weighted by Crippen LogP contribution is -2.52. The van der Waals surface area contributed by atoms with Crippen molar-refractivity contribution in [3.8, 4) is 0 Å². The summed E-state index contributed by atoms with van der Waals surface area (Å²) in [6.07, 6.45) is 11.5. The Hall–Kier alpha value is -1.91. The lowest BCUT2D eigenvalue weighted by atomic mass is 9.47. The van der Waals surface area contributed by atoms with E-state index in [0.29, 0.717) is 36.3 Å². The highest BCUT2D eigenvalue weighted by Crippen LogP contribution is 2.68. The van der Waals surface area contributed by atoms with Crippen molar-refractivity contribution in [3.05, 3.63) is 59.7 Å². The number of benzene rings is 1. The average molecular weight is 478 g/mol. The van der Waals surface area contributed by atoms with E-state index in [1.165, 1.54) is 5.57 Å². The van der Waals surface area contributed by atoms with Crippen LogP contribution in [0, 0.1) is 41.4 Å². The van der Waals surface area contributed by atoms with Gasteiger partial charge in [-0.3, -0.25) is 4.79 Å². The Kier molecular flexibility index (Phi) is 6.29. The zero-order chi connectivity index (χ0) is 25.0. The highest BCUT2D eigenvalue weighted by molar-refractivity contribution is 5.94. The number of fused-ring (bicyclic) bond motifs is 5. The molecular weight excluding hydrogens is 434 g/mol. The molecule has 1 aromatic carbocycles. The van der Waals surface area contributed by atoms with Crippen LogP contribution in [0.25, 0.3) is 0 Å². The molecule has 190 valence electrons. The maximum absolute atomic E-state index is 13.0. The molecule has 0 radical (unpaired) electrons. The van der Waals surface area contributed by atoms with E-state index in [0.717, 1.165) is 50.5 Å². The highest BCUT2D eigenvalue weighted by atomic mass is 16.3.